The van der Waals surface area contributed by atoms with Gasteiger partial charge in [0.25, 0.3) is 0 Å². The summed E-state index contributed by atoms with van der Waals surface area (Å²) in [5.41, 5.74) is 0.141. The lowest BCUT2D eigenvalue weighted by Crippen LogP contribution is -2.41. The zero-order valence-corrected chi connectivity index (χ0v) is 13.2. The Bertz CT molecular complexity index is 728. The Morgan fingerprint density at radius 2 is 2.04 bits per heavy atom. The fraction of sp³-hybridized carbons (Fsp3) is 0.353. The van der Waals surface area contributed by atoms with Crippen LogP contribution in [-0.4, -0.2) is 45.2 Å². The number of ether oxygens (including phenoxy) is 2. The average molecular weight is 315 g/mol. The SMILES string of the molecule is COCC1(C(=O)OC)CN(c2cccc(C)c2)C(=C=O)C1=C=O. The maximum absolute atomic E-state index is 12.3. The van der Waals surface area contributed by atoms with E-state index < -0.39 is 11.4 Å². The van der Waals surface area contributed by atoms with Gasteiger partial charge in [-0.05, 0) is 24.6 Å². The van der Waals surface area contributed by atoms with Crippen molar-refractivity contribution >= 4 is 23.5 Å². The molecule has 0 aromatic heterocycles. The molecule has 0 N–H and O–H groups in total. The summed E-state index contributed by atoms with van der Waals surface area (Å²) in [6.07, 6.45) is 0. The van der Waals surface area contributed by atoms with Crippen LogP contribution in [0.5, 0.6) is 0 Å². The molecule has 1 aliphatic rings. The van der Waals surface area contributed by atoms with E-state index in [2.05, 4.69) is 0 Å². The summed E-state index contributed by atoms with van der Waals surface area (Å²) in [5, 5.41) is 0. The first-order valence-electron chi connectivity index (χ1n) is 6.96. The Hall–Kier alpha value is -2.65. The Kier molecular flexibility index (Phi) is 4.82. The molecule has 0 spiro atoms. The quantitative estimate of drug-likeness (QED) is 0.612. The number of hydrogen-bond donors (Lipinski definition) is 0. The minimum atomic E-state index is -1.40. The molecule has 0 saturated carbocycles. The zero-order valence-electron chi connectivity index (χ0n) is 13.2. The third kappa shape index (κ3) is 2.71. The van der Waals surface area contributed by atoms with Crippen molar-refractivity contribution in [1.82, 2.24) is 0 Å². The molecule has 23 heavy (non-hydrogen) atoms. The van der Waals surface area contributed by atoms with Crippen molar-refractivity contribution in [2.24, 2.45) is 5.41 Å². The summed E-state index contributed by atoms with van der Waals surface area (Å²) < 4.78 is 9.95. The predicted molar refractivity (Wildman–Crippen MR) is 83.3 cm³/mol. The smallest absolute Gasteiger partial charge is 0.321 e. The zero-order chi connectivity index (χ0) is 17.0. The maximum Gasteiger partial charge on any atom is 0.321 e. The third-order valence-electron chi connectivity index (χ3n) is 3.89. The Labute approximate surface area is 134 Å². The van der Waals surface area contributed by atoms with Crippen LogP contribution in [0.25, 0.3) is 0 Å². The van der Waals surface area contributed by atoms with E-state index >= 15 is 0 Å². The van der Waals surface area contributed by atoms with Gasteiger partial charge in [-0.1, -0.05) is 12.1 Å². The average Bonchev–Trinajstić information content (AvgIpc) is 2.88. The number of nitrogens with zero attached hydrogens (tertiary/aromatic N) is 1. The van der Waals surface area contributed by atoms with Crippen LogP contribution in [0.2, 0.25) is 0 Å². The van der Waals surface area contributed by atoms with Crippen molar-refractivity contribution in [3.63, 3.8) is 0 Å². The Balaban J connectivity index is 2.63. The van der Waals surface area contributed by atoms with Crippen LogP contribution in [0.1, 0.15) is 5.56 Å². The predicted octanol–water partition coefficient (Wildman–Crippen LogP) is 1.09. The lowest BCUT2D eigenvalue weighted by Gasteiger charge is -2.25. The van der Waals surface area contributed by atoms with Crippen molar-refractivity contribution < 1.29 is 23.9 Å². The van der Waals surface area contributed by atoms with Gasteiger partial charge in [-0.3, -0.25) is 4.79 Å². The second-order valence-electron chi connectivity index (χ2n) is 5.36. The molecule has 6 heteroatoms. The highest BCUT2D eigenvalue weighted by Crippen LogP contribution is 2.43. The van der Waals surface area contributed by atoms with Crippen molar-refractivity contribution in [1.29, 1.82) is 0 Å². The van der Waals surface area contributed by atoms with Crippen molar-refractivity contribution in [3.05, 3.63) is 41.1 Å². The van der Waals surface area contributed by atoms with Gasteiger partial charge in [0.15, 0.2) is 5.94 Å². The molecule has 0 amide bonds. The molecule has 1 saturated heterocycles. The lowest BCUT2D eigenvalue weighted by atomic mass is 9.83. The fourth-order valence-electron chi connectivity index (χ4n) is 2.84. The minimum Gasteiger partial charge on any atom is -0.468 e. The van der Waals surface area contributed by atoms with Gasteiger partial charge in [-0.25, -0.2) is 9.59 Å². The molecule has 1 aliphatic heterocycles. The summed E-state index contributed by atoms with van der Waals surface area (Å²) >= 11 is 0. The minimum absolute atomic E-state index is 0.0203. The van der Waals surface area contributed by atoms with Gasteiger partial charge in [0, 0.05) is 19.3 Å². The van der Waals surface area contributed by atoms with Gasteiger partial charge in [0.05, 0.1) is 19.3 Å². The normalized spacial score (nSPS) is 20.2. The van der Waals surface area contributed by atoms with E-state index in [0.717, 1.165) is 5.56 Å². The van der Waals surface area contributed by atoms with E-state index in [9.17, 15) is 14.4 Å². The fourth-order valence-corrected chi connectivity index (χ4v) is 2.84. The summed E-state index contributed by atoms with van der Waals surface area (Å²) in [6, 6.07) is 7.36. The van der Waals surface area contributed by atoms with E-state index in [1.54, 1.807) is 22.8 Å². The van der Waals surface area contributed by atoms with E-state index in [1.807, 2.05) is 25.1 Å². The summed E-state index contributed by atoms with van der Waals surface area (Å²) in [7, 11) is 2.63. The third-order valence-corrected chi connectivity index (χ3v) is 3.89. The van der Waals surface area contributed by atoms with Crippen LogP contribution < -0.4 is 4.90 Å². The van der Waals surface area contributed by atoms with Gasteiger partial charge < -0.3 is 14.4 Å². The first-order chi connectivity index (χ1) is 11.0. The van der Waals surface area contributed by atoms with Crippen LogP contribution in [0, 0.1) is 12.3 Å². The number of carbonyl (C=O) groups excluding carboxylic acids is 3. The molecule has 0 aliphatic carbocycles. The molecule has 1 aromatic rings. The molecular weight excluding hydrogens is 298 g/mol. The van der Waals surface area contributed by atoms with E-state index in [1.165, 1.54) is 14.2 Å². The van der Waals surface area contributed by atoms with Gasteiger partial charge in [0.2, 0.25) is 0 Å². The number of benzene rings is 1. The van der Waals surface area contributed by atoms with E-state index in [-0.39, 0.29) is 24.4 Å². The van der Waals surface area contributed by atoms with Crippen LogP contribution >= 0.6 is 0 Å². The second-order valence-corrected chi connectivity index (χ2v) is 5.36. The molecule has 6 nitrogen and oxygen atoms in total. The highest BCUT2D eigenvalue weighted by Gasteiger charge is 2.54. The summed E-state index contributed by atoms with van der Waals surface area (Å²) in [4.78, 5) is 36.8. The highest BCUT2D eigenvalue weighted by molar-refractivity contribution is 5.94. The number of esters is 1. The number of methoxy groups -OCH3 is 2. The highest BCUT2D eigenvalue weighted by atomic mass is 16.5. The van der Waals surface area contributed by atoms with Crippen LogP contribution in [0.3, 0.4) is 0 Å². The first kappa shape index (κ1) is 16.7. The Morgan fingerprint density at radius 3 is 2.57 bits per heavy atom. The number of aryl methyl sites for hydroxylation is 1. The van der Waals surface area contributed by atoms with Gasteiger partial charge in [-0.15, -0.1) is 0 Å². The number of hydrogen-bond acceptors (Lipinski definition) is 6. The maximum atomic E-state index is 12.3. The molecule has 0 bridgehead atoms. The van der Waals surface area contributed by atoms with E-state index in [4.69, 9.17) is 9.47 Å². The standard InChI is InChI=1S/C17H17NO5/c1-12-5-4-6-13(7-12)18-10-17(11-22-2,16(21)23-3)14(8-19)15(18)9-20/h4-7H,10-11H2,1-3H3. The van der Waals surface area contributed by atoms with Gasteiger partial charge >= 0.3 is 5.97 Å². The molecule has 1 unspecified atom stereocenters. The van der Waals surface area contributed by atoms with Crippen molar-refractivity contribution in [3.8, 4) is 0 Å². The van der Waals surface area contributed by atoms with Crippen molar-refractivity contribution in [2.75, 3.05) is 32.3 Å². The molecule has 1 fully saturated rings. The molecule has 1 aromatic carbocycles. The Morgan fingerprint density at radius 1 is 1.30 bits per heavy atom. The number of anilines is 1. The monoisotopic (exact) mass is 315 g/mol. The van der Waals surface area contributed by atoms with Crippen molar-refractivity contribution in [2.45, 2.75) is 6.92 Å². The summed E-state index contributed by atoms with van der Waals surface area (Å²) in [6.45, 7) is 1.85. The number of carbonyl (C=O) groups is 1. The van der Waals surface area contributed by atoms with Crippen LogP contribution in [0.4, 0.5) is 5.69 Å². The first-order valence-corrected chi connectivity index (χ1v) is 6.96. The van der Waals surface area contributed by atoms with Crippen LogP contribution in [-0.2, 0) is 23.9 Å². The molecule has 120 valence electrons. The van der Waals surface area contributed by atoms with E-state index in [0.29, 0.717) is 5.69 Å². The molecule has 1 atom stereocenters. The lowest BCUT2D eigenvalue weighted by molar-refractivity contribution is -0.151. The molecule has 2 rings (SSSR count). The number of rotatable bonds is 4. The topological polar surface area (TPSA) is 72.9 Å². The molecule has 1 heterocycles. The summed E-state index contributed by atoms with van der Waals surface area (Å²) in [5.74, 6) is 2.82. The second kappa shape index (κ2) is 6.63. The number of allylic oxidation sites excluding steroid dienone is 1. The van der Waals surface area contributed by atoms with Gasteiger partial charge in [-0.2, -0.15) is 0 Å². The van der Waals surface area contributed by atoms with Crippen LogP contribution in [0.15, 0.2) is 35.5 Å². The largest absolute Gasteiger partial charge is 0.468 e. The molecular formula is C17H17NO5. The van der Waals surface area contributed by atoms with Gasteiger partial charge in [0.1, 0.15) is 17.1 Å². The molecule has 0 radical (unpaired) electrons.